The third kappa shape index (κ3) is 5.21. The molecular weight excluding hydrogens is 334 g/mol. The molecule has 1 fully saturated rings. The van der Waals surface area contributed by atoms with Crippen LogP contribution in [0.25, 0.3) is 0 Å². The Morgan fingerprint density at radius 3 is 2.58 bits per heavy atom. The van der Waals surface area contributed by atoms with Gasteiger partial charge in [0.05, 0.1) is 6.10 Å². The smallest absolute Gasteiger partial charge is 0.342 e. The number of hydrogen-bond donors (Lipinski definition) is 2. The van der Waals surface area contributed by atoms with Gasteiger partial charge < -0.3 is 19.9 Å². The minimum Gasteiger partial charge on any atom is -0.507 e. The lowest BCUT2D eigenvalue weighted by Gasteiger charge is -2.16. The van der Waals surface area contributed by atoms with E-state index < -0.39 is 5.97 Å². The van der Waals surface area contributed by atoms with Gasteiger partial charge in [-0.25, -0.2) is 4.79 Å². The fraction of sp³-hybridized carbons (Fsp3) is 0.600. The molecule has 6 nitrogen and oxygen atoms in total. The molecule has 1 aromatic rings. The number of ether oxygens (including phenoxy) is 2. The maximum absolute atomic E-state index is 12.4. The van der Waals surface area contributed by atoms with Gasteiger partial charge in [-0.3, -0.25) is 4.79 Å². The second-order valence-corrected chi connectivity index (χ2v) is 7.33. The normalized spacial score (nSPS) is 16.9. The molecular formula is C20H29NO5. The van der Waals surface area contributed by atoms with Gasteiger partial charge in [0.15, 0.2) is 6.61 Å². The Balaban J connectivity index is 2.00. The van der Waals surface area contributed by atoms with Gasteiger partial charge in [-0.1, -0.05) is 33.8 Å². The van der Waals surface area contributed by atoms with Crippen LogP contribution < -0.4 is 5.32 Å². The van der Waals surface area contributed by atoms with Crippen LogP contribution in [0.5, 0.6) is 5.75 Å². The predicted octanol–water partition coefficient (Wildman–Crippen LogP) is 3.09. The Bertz CT molecular complexity index is 648. The second-order valence-electron chi connectivity index (χ2n) is 7.33. The highest BCUT2D eigenvalue weighted by Gasteiger charge is 2.21. The lowest BCUT2D eigenvalue weighted by atomic mass is 9.92. The molecule has 0 bridgehead atoms. The molecule has 1 aliphatic rings. The van der Waals surface area contributed by atoms with Crippen LogP contribution >= 0.6 is 0 Å². The average Bonchev–Trinajstić information content (AvgIpc) is 3.11. The van der Waals surface area contributed by atoms with Gasteiger partial charge in [-0.05, 0) is 41.9 Å². The summed E-state index contributed by atoms with van der Waals surface area (Å²) in [5.41, 5.74) is 1.75. The van der Waals surface area contributed by atoms with E-state index in [1.54, 1.807) is 6.07 Å². The number of esters is 1. The molecule has 0 radical (unpaired) electrons. The Morgan fingerprint density at radius 1 is 1.27 bits per heavy atom. The fourth-order valence-corrected chi connectivity index (χ4v) is 2.90. The monoisotopic (exact) mass is 363 g/mol. The van der Waals surface area contributed by atoms with Crippen molar-refractivity contribution in [1.82, 2.24) is 5.32 Å². The van der Waals surface area contributed by atoms with Gasteiger partial charge in [-0.2, -0.15) is 0 Å². The molecule has 26 heavy (non-hydrogen) atoms. The third-order valence-corrected chi connectivity index (χ3v) is 4.56. The zero-order valence-corrected chi connectivity index (χ0v) is 16.0. The van der Waals surface area contributed by atoms with E-state index in [1.165, 1.54) is 0 Å². The van der Waals surface area contributed by atoms with E-state index in [1.807, 2.05) is 33.8 Å². The highest BCUT2D eigenvalue weighted by Crippen LogP contribution is 2.33. The lowest BCUT2D eigenvalue weighted by molar-refractivity contribution is -0.124. The Kier molecular flexibility index (Phi) is 7.03. The van der Waals surface area contributed by atoms with E-state index in [9.17, 15) is 14.7 Å². The molecule has 0 aromatic heterocycles. The predicted molar refractivity (Wildman–Crippen MR) is 98.6 cm³/mol. The molecule has 0 saturated carbocycles. The molecule has 2 N–H and O–H groups in total. The molecule has 1 heterocycles. The molecule has 1 saturated heterocycles. The van der Waals surface area contributed by atoms with Crippen molar-refractivity contribution >= 4 is 11.9 Å². The van der Waals surface area contributed by atoms with Crippen LogP contribution in [-0.4, -0.2) is 42.8 Å². The maximum Gasteiger partial charge on any atom is 0.342 e. The zero-order chi connectivity index (χ0) is 19.3. The summed E-state index contributed by atoms with van der Waals surface area (Å²) in [5.74, 6) is -0.880. The average molecular weight is 363 g/mol. The Labute approximate surface area is 154 Å². The minimum atomic E-state index is -0.695. The van der Waals surface area contributed by atoms with E-state index in [-0.39, 0.29) is 41.8 Å². The summed E-state index contributed by atoms with van der Waals surface area (Å²) in [4.78, 5) is 24.3. The number of carbonyl (C=O) groups is 2. The number of phenolic OH excluding ortho intramolecular Hbond substituents is 1. The summed E-state index contributed by atoms with van der Waals surface area (Å²) in [5, 5.41) is 13.1. The molecule has 144 valence electrons. The van der Waals surface area contributed by atoms with Gasteiger partial charge in [-0.15, -0.1) is 0 Å². The number of benzene rings is 1. The van der Waals surface area contributed by atoms with Crippen molar-refractivity contribution in [2.45, 2.75) is 58.5 Å². The van der Waals surface area contributed by atoms with Gasteiger partial charge >= 0.3 is 5.97 Å². The highest BCUT2D eigenvalue weighted by molar-refractivity contribution is 5.94. The zero-order valence-electron chi connectivity index (χ0n) is 16.0. The fourth-order valence-electron chi connectivity index (χ4n) is 2.90. The number of rotatable bonds is 7. The van der Waals surface area contributed by atoms with Crippen molar-refractivity contribution < 1.29 is 24.2 Å². The van der Waals surface area contributed by atoms with E-state index in [0.29, 0.717) is 12.1 Å². The molecule has 1 aliphatic heterocycles. The van der Waals surface area contributed by atoms with Gasteiger partial charge in [0.25, 0.3) is 5.91 Å². The number of phenols is 1. The summed E-state index contributed by atoms with van der Waals surface area (Å²) in [6, 6.07) is 3.55. The van der Waals surface area contributed by atoms with Crippen molar-refractivity contribution in [3.05, 3.63) is 28.8 Å². The molecule has 6 heteroatoms. The molecule has 2 rings (SSSR count). The van der Waals surface area contributed by atoms with E-state index >= 15 is 0 Å². The molecule has 1 aromatic carbocycles. The molecule has 1 atom stereocenters. The molecule has 0 unspecified atom stereocenters. The number of nitrogens with one attached hydrogen (secondary N) is 1. The van der Waals surface area contributed by atoms with Crippen LogP contribution in [0.1, 0.15) is 73.9 Å². The SMILES string of the molecule is CC(C)c1cc(C(=O)OCC(=O)NC[C@@H]2CCCO2)c(O)c(C(C)C)c1. The summed E-state index contributed by atoms with van der Waals surface area (Å²) in [6.45, 7) is 8.70. The van der Waals surface area contributed by atoms with Crippen LogP contribution in [0.2, 0.25) is 0 Å². The van der Waals surface area contributed by atoms with Gasteiger partial charge in [0, 0.05) is 13.2 Å². The first-order valence-electron chi connectivity index (χ1n) is 9.21. The van der Waals surface area contributed by atoms with Gasteiger partial charge in [0.2, 0.25) is 0 Å². The first kappa shape index (κ1) is 20.2. The van der Waals surface area contributed by atoms with Crippen molar-refractivity contribution in [2.24, 2.45) is 0 Å². The minimum absolute atomic E-state index is 0.0371. The maximum atomic E-state index is 12.4. The van der Waals surface area contributed by atoms with Crippen LogP contribution in [0.3, 0.4) is 0 Å². The van der Waals surface area contributed by atoms with Gasteiger partial charge in [0.1, 0.15) is 11.3 Å². The summed E-state index contributed by atoms with van der Waals surface area (Å²) in [6.07, 6.45) is 1.96. The number of carbonyl (C=O) groups excluding carboxylic acids is 2. The number of hydrogen-bond acceptors (Lipinski definition) is 5. The van der Waals surface area contributed by atoms with Crippen molar-refractivity contribution in [1.29, 1.82) is 0 Å². The van der Waals surface area contributed by atoms with Crippen molar-refractivity contribution in [2.75, 3.05) is 19.8 Å². The van der Waals surface area contributed by atoms with Crippen LogP contribution in [-0.2, 0) is 14.3 Å². The third-order valence-electron chi connectivity index (χ3n) is 4.56. The Morgan fingerprint density at radius 2 is 2.00 bits per heavy atom. The van der Waals surface area contributed by atoms with E-state index in [4.69, 9.17) is 9.47 Å². The highest BCUT2D eigenvalue weighted by atomic mass is 16.5. The Hall–Kier alpha value is -2.08. The number of aromatic hydroxyl groups is 1. The van der Waals surface area contributed by atoms with E-state index in [0.717, 1.165) is 25.0 Å². The van der Waals surface area contributed by atoms with Crippen LogP contribution in [0.4, 0.5) is 0 Å². The quantitative estimate of drug-likeness (QED) is 0.727. The molecule has 0 aliphatic carbocycles. The summed E-state index contributed by atoms with van der Waals surface area (Å²) < 4.78 is 10.5. The first-order chi connectivity index (χ1) is 12.3. The topological polar surface area (TPSA) is 84.9 Å². The van der Waals surface area contributed by atoms with Crippen LogP contribution in [0.15, 0.2) is 12.1 Å². The standard InChI is InChI=1S/C20H29NO5/c1-12(2)14-8-16(13(3)4)19(23)17(9-14)20(24)26-11-18(22)21-10-15-6-5-7-25-15/h8-9,12-13,15,23H,5-7,10-11H2,1-4H3,(H,21,22)/t15-/m0/s1. The largest absolute Gasteiger partial charge is 0.507 e. The second kappa shape index (κ2) is 9.03. The van der Waals surface area contributed by atoms with Crippen molar-refractivity contribution in [3.8, 4) is 5.75 Å². The lowest BCUT2D eigenvalue weighted by Crippen LogP contribution is -2.34. The van der Waals surface area contributed by atoms with Crippen molar-refractivity contribution in [3.63, 3.8) is 0 Å². The molecule has 0 spiro atoms. The molecule has 1 amide bonds. The number of amides is 1. The van der Waals surface area contributed by atoms with E-state index in [2.05, 4.69) is 5.32 Å². The summed E-state index contributed by atoms with van der Waals surface area (Å²) in [7, 11) is 0. The van der Waals surface area contributed by atoms with Crippen LogP contribution in [0, 0.1) is 0 Å². The summed E-state index contributed by atoms with van der Waals surface area (Å²) >= 11 is 0. The first-order valence-corrected chi connectivity index (χ1v) is 9.21.